The Labute approximate surface area is 107 Å². The molecule has 0 amide bonds. The van der Waals surface area contributed by atoms with Crippen molar-refractivity contribution in [2.75, 3.05) is 13.0 Å². The Balaban J connectivity index is 2.44. The number of halogens is 2. The molecule has 0 unspecified atom stereocenters. The van der Waals surface area contributed by atoms with Gasteiger partial charge in [-0.3, -0.25) is 0 Å². The van der Waals surface area contributed by atoms with Crippen LogP contribution in [0.1, 0.15) is 37.7 Å². The first-order valence-electron chi connectivity index (χ1n) is 6.12. The van der Waals surface area contributed by atoms with Crippen molar-refractivity contribution in [2.45, 2.75) is 37.5 Å². The Bertz CT molecular complexity index is 386. The lowest BCUT2D eigenvalue weighted by Crippen LogP contribution is -2.31. The fourth-order valence-corrected chi connectivity index (χ4v) is 3.21. The van der Waals surface area contributed by atoms with Gasteiger partial charge in [-0.2, -0.15) is 0 Å². The second-order valence-electron chi connectivity index (χ2n) is 4.82. The van der Waals surface area contributed by atoms with E-state index in [1.54, 1.807) is 19.2 Å². The van der Waals surface area contributed by atoms with E-state index in [4.69, 9.17) is 16.3 Å². The summed E-state index contributed by atoms with van der Waals surface area (Å²) in [7, 11) is 1.63. The zero-order valence-corrected chi connectivity index (χ0v) is 10.9. The van der Waals surface area contributed by atoms with E-state index in [0.29, 0.717) is 5.88 Å². The highest BCUT2D eigenvalue weighted by Gasteiger charge is 2.35. The third kappa shape index (κ3) is 2.42. The molecule has 0 atom stereocenters. The van der Waals surface area contributed by atoms with Crippen molar-refractivity contribution in [1.82, 2.24) is 0 Å². The quantitative estimate of drug-likeness (QED) is 0.734. The number of rotatable bonds is 3. The monoisotopic (exact) mass is 256 g/mol. The minimum Gasteiger partial charge on any atom is -0.496 e. The summed E-state index contributed by atoms with van der Waals surface area (Å²) in [5, 5.41) is 0. The molecule has 1 aliphatic rings. The minimum absolute atomic E-state index is 0.104. The standard InChI is InChI=1S/C14H18ClFO/c1-17-13-6-5-11(16)9-12(13)14(10-15)7-3-2-4-8-14/h5-6,9H,2-4,7-8,10H2,1H3. The lowest BCUT2D eigenvalue weighted by molar-refractivity contribution is 0.306. The average molecular weight is 257 g/mol. The Morgan fingerprint density at radius 2 is 2.00 bits per heavy atom. The zero-order chi connectivity index (χ0) is 12.3. The van der Waals surface area contributed by atoms with Crippen molar-refractivity contribution in [3.63, 3.8) is 0 Å². The Morgan fingerprint density at radius 1 is 1.29 bits per heavy atom. The molecule has 0 bridgehead atoms. The molecule has 0 spiro atoms. The van der Waals surface area contributed by atoms with Crippen molar-refractivity contribution in [3.8, 4) is 5.75 Å². The maximum atomic E-state index is 13.4. The van der Waals surface area contributed by atoms with Gasteiger partial charge in [-0.25, -0.2) is 4.39 Å². The number of hydrogen-bond donors (Lipinski definition) is 0. The van der Waals surface area contributed by atoms with Gasteiger partial charge >= 0.3 is 0 Å². The molecule has 1 aliphatic carbocycles. The largest absolute Gasteiger partial charge is 0.496 e. The van der Waals surface area contributed by atoms with Crippen LogP contribution in [0.25, 0.3) is 0 Å². The molecule has 1 fully saturated rings. The first kappa shape index (κ1) is 12.7. The van der Waals surface area contributed by atoms with E-state index >= 15 is 0 Å². The normalized spacial score (nSPS) is 19.0. The van der Waals surface area contributed by atoms with Crippen LogP contribution < -0.4 is 4.74 Å². The van der Waals surface area contributed by atoms with E-state index < -0.39 is 0 Å². The van der Waals surface area contributed by atoms with E-state index in [1.807, 2.05) is 0 Å². The Kier molecular flexibility index (Phi) is 3.93. The maximum absolute atomic E-state index is 13.4. The summed E-state index contributed by atoms with van der Waals surface area (Å²) in [4.78, 5) is 0. The molecule has 0 radical (unpaired) electrons. The molecule has 0 N–H and O–H groups in total. The fraction of sp³-hybridized carbons (Fsp3) is 0.571. The molecular formula is C14H18ClFO. The van der Waals surface area contributed by atoms with Gasteiger partial charge in [0.15, 0.2) is 0 Å². The lowest BCUT2D eigenvalue weighted by atomic mass is 9.70. The van der Waals surface area contributed by atoms with Gasteiger partial charge in [0.2, 0.25) is 0 Å². The van der Waals surface area contributed by atoms with Crippen molar-refractivity contribution >= 4 is 11.6 Å². The van der Waals surface area contributed by atoms with Gasteiger partial charge in [-0.05, 0) is 31.0 Å². The molecule has 0 aliphatic heterocycles. The van der Waals surface area contributed by atoms with Crippen LogP contribution in [0.4, 0.5) is 4.39 Å². The summed E-state index contributed by atoms with van der Waals surface area (Å²) < 4.78 is 18.8. The molecule has 1 aromatic carbocycles. The third-order valence-corrected chi connectivity index (χ3v) is 4.31. The van der Waals surface area contributed by atoms with E-state index in [0.717, 1.165) is 37.0 Å². The van der Waals surface area contributed by atoms with Crippen LogP contribution in [-0.2, 0) is 5.41 Å². The molecule has 1 nitrogen and oxygen atoms in total. The van der Waals surface area contributed by atoms with Gasteiger partial charge in [-0.15, -0.1) is 11.6 Å². The molecule has 94 valence electrons. The Morgan fingerprint density at radius 3 is 2.59 bits per heavy atom. The van der Waals surface area contributed by atoms with Crippen molar-refractivity contribution in [1.29, 1.82) is 0 Å². The summed E-state index contributed by atoms with van der Waals surface area (Å²) in [6.45, 7) is 0. The van der Waals surface area contributed by atoms with E-state index in [9.17, 15) is 4.39 Å². The summed E-state index contributed by atoms with van der Waals surface area (Å²) in [6.07, 6.45) is 5.61. The summed E-state index contributed by atoms with van der Waals surface area (Å²) in [5.41, 5.74) is 0.836. The highest BCUT2D eigenvalue weighted by Crippen LogP contribution is 2.44. The van der Waals surface area contributed by atoms with Gasteiger partial charge in [0.25, 0.3) is 0 Å². The molecule has 17 heavy (non-hydrogen) atoms. The van der Waals surface area contributed by atoms with Crippen LogP contribution in [0.2, 0.25) is 0 Å². The lowest BCUT2D eigenvalue weighted by Gasteiger charge is -2.37. The Hall–Kier alpha value is -0.760. The van der Waals surface area contributed by atoms with E-state index in [1.165, 1.54) is 12.5 Å². The topological polar surface area (TPSA) is 9.23 Å². The van der Waals surface area contributed by atoms with Crippen molar-refractivity contribution in [3.05, 3.63) is 29.6 Å². The molecular weight excluding hydrogens is 239 g/mol. The second-order valence-corrected chi connectivity index (χ2v) is 5.09. The SMILES string of the molecule is COc1ccc(F)cc1C1(CCl)CCCCC1. The van der Waals surface area contributed by atoms with Crippen molar-refractivity contribution in [2.24, 2.45) is 0 Å². The minimum atomic E-state index is -0.212. The molecule has 0 saturated heterocycles. The predicted molar refractivity (Wildman–Crippen MR) is 68.4 cm³/mol. The van der Waals surface area contributed by atoms with Gasteiger partial charge in [0, 0.05) is 16.9 Å². The zero-order valence-electron chi connectivity index (χ0n) is 10.1. The highest BCUT2D eigenvalue weighted by molar-refractivity contribution is 6.18. The van der Waals surface area contributed by atoms with Crippen molar-refractivity contribution < 1.29 is 9.13 Å². The van der Waals surface area contributed by atoms with Crippen LogP contribution in [0, 0.1) is 5.82 Å². The molecule has 1 saturated carbocycles. The van der Waals surface area contributed by atoms with Gasteiger partial charge in [-0.1, -0.05) is 19.3 Å². The average Bonchev–Trinajstić information content (AvgIpc) is 2.39. The van der Waals surface area contributed by atoms with Crippen LogP contribution in [0.5, 0.6) is 5.75 Å². The smallest absolute Gasteiger partial charge is 0.123 e. The molecule has 0 heterocycles. The number of benzene rings is 1. The van der Waals surface area contributed by atoms with Crippen LogP contribution >= 0.6 is 11.6 Å². The van der Waals surface area contributed by atoms with Crippen LogP contribution in [0.3, 0.4) is 0 Å². The molecule has 2 rings (SSSR count). The summed E-state index contributed by atoms with van der Waals surface area (Å²) >= 11 is 6.17. The number of hydrogen-bond acceptors (Lipinski definition) is 1. The number of alkyl halides is 1. The fourth-order valence-electron chi connectivity index (χ4n) is 2.80. The highest BCUT2D eigenvalue weighted by atomic mass is 35.5. The van der Waals surface area contributed by atoms with Crippen LogP contribution in [0.15, 0.2) is 18.2 Å². The molecule has 3 heteroatoms. The first-order valence-corrected chi connectivity index (χ1v) is 6.65. The maximum Gasteiger partial charge on any atom is 0.123 e. The van der Waals surface area contributed by atoms with Gasteiger partial charge in [0.1, 0.15) is 11.6 Å². The van der Waals surface area contributed by atoms with E-state index in [-0.39, 0.29) is 11.2 Å². The molecule has 1 aromatic rings. The third-order valence-electron chi connectivity index (χ3n) is 3.80. The summed E-state index contributed by atoms with van der Waals surface area (Å²) in [5.74, 6) is 1.08. The first-order chi connectivity index (χ1) is 8.22. The van der Waals surface area contributed by atoms with Gasteiger partial charge in [0.05, 0.1) is 7.11 Å². The number of ether oxygens (including phenoxy) is 1. The number of methoxy groups -OCH3 is 1. The van der Waals surface area contributed by atoms with E-state index in [2.05, 4.69) is 0 Å². The summed E-state index contributed by atoms with van der Waals surface area (Å²) in [6, 6.07) is 4.73. The second kappa shape index (κ2) is 5.26. The molecule has 0 aromatic heterocycles. The van der Waals surface area contributed by atoms with Crippen LogP contribution in [-0.4, -0.2) is 13.0 Å². The predicted octanol–water partition coefficient (Wildman–Crippen LogP) is 4.28. The van der Waals surface area contributed by atoms with Gasteiger partial charge < -0.3 is 4.74 Å².